The van der Waals surface area contributed by atoms with Gasteiger partial charge in [-0.1, -0.05) is 0 Å². The van der Waals surface area contributed by atoms with Crippen LogP contribution in [0.25, 0.3) is 0 Å². The average Bonchev–Trinajstić information content (AvgIpc) is 2.93. The number of hydrogen-bond acceptors (Lipinski definition) is 0. The molecule has 0 heterocycles. The van der Waals surface area contributed by atoms with Crippen LogP contribution < -0.4 is 52.8 Å². The van der Waals surface area contributed by atoms with Gasteiger partial charge in [-0.05, 0) is 0 Å². The van der Waals surface area contributed by atoms with Crippen molar-refractivity contribution in [1.29, 1.82) is 0 Å². The van der Waals surface area contributed by atoms with Crippen LogP contribution in [0.3, 0.4) is 0 Å². The zero-order chi connectivity index (χ0) is 24.1. The van der Waals surface area contributed by atoms with Gasteiger partial charge < -0.3 is 37.2 Å². The summed E-state index contributed by atoms with van der Waals surface area (Å²) < 4.78 is 1.54. The number of aryl methyl sites for hydroxylation is 4. The molecule has 0 aliphatic heterocycles. The minimum absolute atomic E-state index is 0. The van der Waals surface area contributed by atoms with Crippen molar-refractivity contribution in [2.75, 3.05) is 0 Å². The first-order chi connectivity index (χ1) is 15.5. The molecule has 5 heteroatoms. The number of benzene rings is 3. The second-order valence-corrected chi connectivity index (χ2v) is 15.2. The van der Waals surface area contributed by atoms with Gasteiger partial charge in [-0.25, -0.2) is 0 Å². The average molecular weight is 590 g/mol. The summed E-state index contributed by atoms with van der Waals surface area (Å²) in [5.41, 5.74) is 9.91. The first kappa shape index (κ1) is 33.0. The fourth-order valence-corrected chi connectivity index (χ4v) is 14.3. The van der Waals surface area contributed by atoms with E-state index in [1.54, 1.807) is 5.19 Å². The van der Waals surface area contributed by atoms with E-state index in [0.717, 1.165) is 0 Å². The van der Waals surface area contributed by atoms with Gasteiger partial charge >= 0.3 is 214 Å². The first-order valence-corrected chi connectivity index (χ1v) is 14.7. The van der Waals surface area contributed by atoms with Crippen molar-refractivity contribution in [1.82, 2.24) is 0 Å². The Balaban J connectivity index is 0.00000216. The van der Waals surface area contributed by atoms with Crippen LogP contribution in [-0.4, -0.2) is 8.07 Å². The molecule has 0 saturated carbocycles. The van der Waals surface area contributed by atoms with Crippen molar-refractivity contribution in [3.63, 3.8) is 0 Å². The van der Waals surface area contributed by atoms with Crippen molar-refractivity contribution in [2.24, 2.45) is 0 Å². The maximum absolute atomic E-state index is 2.58. The van der Waals surface area contributed by atoms with Crippen LogP contribution in [0.4, 0.5) is 0 Å². The minimum atomic E-state index is -2.58. The summed E-state index contributed by atoms with van der Waals surface area (Å²) in [6.07, 6.45) is 0. The van der Waals surface area contributed by atoms with Crippen molar-refractivity contribution in [2.45, 2.75) is 60.4 Å². The SMILES string of the molecule is CC1=C(C)C(C)([Si](c2ccccc2)(c2cc(C)cc(C)c2)c2cc(C)ccc2C)[C]([Ti+3])=C1C.[Cl-].[Cl-].[Cl-]. The van der Waals surface area contributed by atoms with Gasteiger partial charge in [0.2, 0.25) is 0 Å². The molecule has 3 aromatic rings. The zero-order valence-electron chi connectivity index (χ0n) is 22.5. The van der Waals surface area contributed by atoms with E-state index >= 15 is 0 Å². The second kappa shape index (κ2) is 12.2. The Morgan fingerprint density at radius 3 is 1.67 bits per heavy atom. The maximum Gasteiger partial charge on any atom is -1.00 e. The van der Waals surface area contributed by atoms with E-state index in [0.29, 0.717) is 0 Å². The predicted molar refractivity (Wildman–Crippen MR) is 142 cm³/mol. The first-order valence-electron chi connectivity index (χ1n) is 11.9. The van der Waals surface area contributed by atoms with Gasteiger partial charge in [-0.3, -0.25) is 0 Å². The van der Waals surface area contributed by atoms with Crippen LogP contribution in [0.1, 0.15) is 49.9 Å². The van der Waals surface area contributed by atoms with Crippen molar-refractivity contribution >= 4 is 23.6 Å². The van der Waals surface area contributed by atoms with Gasteiger partial charge in [-0.15, -0.1) is 0 Å². The van der Waals surface area contributed by atoms with Gasteiger partial charge in [0, 0.05) is 0 Å². The Bertz CT molecular complexity index is 1270. The van der Waals surface area contributed by atoms with E-state index < -0.39 is 8.07 Å². The molecule has 0 bridgehead atoms. The molecule has 0 N–H and O–H groups in total. The summed E-state index contributed by atoms with van der Waals surface area (Å²) in [5.74, 6) is 0. The van der Waals surface area contributed by atoms with Gasteiger partial charge in [0.15, 0.2) is 0 Å². The van der Waals surface area contributed by atoms with Gasteiger partial charge in [-0.2, -0.15) is 0 Å². The summed E-state index contributed by atoms with van der Waals surface area (Å²) in [6.45, 7) is 18.7. The standard InChI is InChI=1S/C31H35Si.3ClH.Ti/c1-21-14-15-24(4)30(19-21)32(28-12-10-9-11-13-28,29-17-22(2)16-23(3)18-29)31(8)20-25(5)26(6)27(31)7;;;;/h9-19H,1-8H3;3*1H;/q;;;;+3/p-3. The minimum Gasteiger partial charge on any atom is -1.00 e. The molecule has 0 spiro atoms. The van der Waals surface area contributed by atoms with E-state index in [-0.39, 0.29) is 42.3 Å². The Hall–Kier alpha value is -1.06. The molecule has 2 unspecified atom stereocenters. The van der Waals surface area contributed by atoms with E-state index in [4.69, 9.17) is 0 Å². The van der Waals surface area contributed by atoms with E-state index in [1.165, 1.54) is 53.2 Å². The number of allylic oxidation sites excluding steroid dienone is 4. The van der Waals surface area contributed by atoms with Crippen molar-refractivity contribution in [3.05, 3.63) is 110 Å². The monoisotopic (exact) mass is 588 g/mol. The van der Waals surface area contributed by atoms with Crippen LogP contribution in [0.15, 0.2) is 87.3 Å². The van der Waals surface area contributed by atoms with Crippen LogP contribution in [0, 0.1) is 27.7 Å². The topological polar surface area (TPSA) is 0 Å². The Morgan fingerprint density at radius 1 is 0.611 bits per heavy atom. The number of rotatable bonds is 4. The molecule has 0 fully saturated rings. The largest absolute Gasteiger partial charge is 1.00 e. The van der Waals surface area contributed by atoms with Crippen LogP contribution >= 0.6 is 0 Å². The summed E-state index contributed by atoms with van der Waals surface area (Å²) in [6, 6.07) is 25.8. The van der Waals surface area contributed by atoms with Crippen LogP contribution in [-0.2, 0) is 20.4 Å². The van der Waals surface area contributed by atoms with Crippen LogP contribution in [0.5, 0.6) is 0 Å². The number of hydrogen-bond donors (Lipinski definition) is 0. The van der Waals surface area contributed by atoms with Crippen molar-refractivity contribution in [3.8, 4) is 0 Å². The summed E-state index contributed by atoms with van der Waals surface area (Å²) >= 11 is 2.40. The molecule has 0 nitrogen and oxygen atoms in total. The molecular formula is C31H35Cl3SiTi. The summed E-state index contributed by atoms with van der Waals surface area (Å²) in [4.78, 5) is 0. The molecule has 0 aromatic heterocycles. The van der Waals surface area contributed by atoms with Gasteiger partial charge in [0.05, 0.1) is 0 Å². The summed E-state index contributed by atoms with van der Waals surface area (Å²) in [5, 5.41) is 4.50. The Kier molecular flexibility index (Phi) is 11.2. The molecule has 1 aliphatic rings. The summed E-state index contributed by atoms with van der Waals surface area (Å²) in [7, 11) is -2.58. The third kappa shape index (κ3) is 4.89. The molecule has 2 atom stereocenters. The Labute approximate surface area is 249 Å². The van der Waals surface area contributed by atoms with E-state index in [2.05, 4.69) is 143 Å². The second-order valence-electron chi connectivity index (χ2n) is 10.2. The van der Waals surface area contributed by atoms with Gasteiger partial charge in [0.1, 0.15) is 0 Å². The normalized spacial score (nSPS) is 18.7. The van der Waals surface area contributed by atoms with Gasteiger partial charge in [0.25, 0.3) is 0 Å². The fraction of sp³-hybridized carbons (Fsp3) is 0.290. The van der Waals surface area contributed by atoms with E-state index in [1.807, 2.05) is 0 Å². The predicted octanol–water partition coefficient (Wildman–Crippen LogP) is -2.67. The molecule has 0 saturated heterocycles. The van der Waals surface area contributed by atoms with Crippen LogP contribution in [0.2, 0.25) is 5.04 Å². The maximum atomic E-state index is 2.55. The molecule has 3 aromatic carbocycles. The molecule has 1 aliphatic carbocycles. The molecule has 4 rings (SSSR count). The third-order valence-electron chi connectivity index (χ3n) is 8.16. The molecule has 36 heavy (non-hydrogen) atoms. The molecule has 0 radical (unpaired) electrons. The quantitative estimate of drug-likeness (QED) is 0.230. The van der Waals surface area contributed by atoms with E-state index in [9.17, 15) is 0 Å². The molecule has 0 amide bonds. The fourth-order valence-electron chi connectivity index (χ4n) is 6.22. The Morgan fingerprint density at radius 2 is 1.17 bits per heavy atom. The van der Waals surface area contributed by atoms with Crippen molar-refractivity contribution < 1.29 is 57.7 Å². The molecular weight excluding hydrogens is 555 g/mol. The smallest absolute Gasteiger partial charge is 1.00 e. The third-order valence-corrected chi connectivity index (χ3v) is 15.7. The molecule has 188 valence electrons. The number of halogens is 3. The zero-order valence-corrected chi connectivity index (χ0v) is 27.3.